The van der Waals surface area contributed by atoms with E-state index in [0.717, 1.165) is 40.7 Å². The zero-order valence-corrected chi connectivity index (χ0v) is 17.0. The van der Waals surface area contributed by atoms with Gasteiger partial charge in [0.2, 0.25) is 0 Å². The van der Waals surface area contributed by atoms with Gasteiger partial charge >= 0.3 is 0 Å². The molecule has 0 aliphatic heterocycles. The van der Waals surface area contributed by atoms with Gasteiger partial charge in [0, 0.05) is 17.6 Å². The summed E-state index contributed by atoms with van der Waals surface area (Å²) >= 11 is 0. The lowest BCUT2D eigenvalue weighted by molar-refractivity contribution is 0.485. The molecule has 0 unspecified atom stereocenters. The lowest BCUT2D eigenvalue weighted by atomic mass is 10.2. The van der Waals surface area contributed by atoms with Gasteiger partial charge in [-0.2, -0.15) is 0 Å². The average Bonchev–Trinajstić information content (AvgIpc) is 2.81. The van der Waals surface area contributed by atoms with E-state index in [4.69, 9.17) is 4.74 Å². The number of nitrogens with zero attached hydrogens (tertiary/aromatic N) is 2. The van der Waals surface area contributed by atoms with Gasteiger partial charge in [0.15, 0.2) is 11.5 Å². The molecule has 0 saturated carbocycles. The van der Waals surface area contributed by atoms with E-state index < -0.39 is 0 Å². The largest absolute Gasteiger partial charge is 0.453 e. The van der Waals surface area contributed by atoms with Crippen LogP contribution in [-0.2, 0) is 0 Å². The Morgan fingerprint density at radius 2 is 1.20 bits per heavy atom. The maximum Gasteiger partial charge on any atom is 0.153 e. The molecule has 148 valence electrons. The molecule has 3 nitrogen and oxygen atoms in total. The Bertz CT molecular complexity index is 1070. The van der Waals surface area contributed by atoms with E-state index in [1.54, 1.807) is 0 Å². The zero-order chi connectivity index (χ0) is 20.6. The number of rotatable bonds is 7. The maximum absolute atomic E-state index is 6.41. The quantitative estimate of drug-likeness (QED) is 0.297. The Labute approximate surface area is 177 Å². The van der Waals surface area contributed by atoms with Gasteiger partial charge in [-0.3, -0.25) is 4.99 Å². The van der Waals surface area contributed by atoms with E-state index in [9.17, 15) is 0 Å². The summed E-state index contributed by atoms with van der Waals surface area (Å²) < 4.78 is 6.41. The second kappa shape index (κ2) is 9.57. The number of aliphatic imine (C=N–C) groups is 1. The van der Waals surface area contributed by atoms with E-state index >= 15 is 0 Å². The Balaban J connectivity index is 1.80. The SMILES string of the molecule is CCC=Nc1ccccc1Oc1ccccc1N(c1ccccc1)c1ccccc1. The third kappa shape index (κ3) is 4.41. The molecule has 0 N–H and O–H groups in total. The molecular weight excluding hydrogens is 368 g/mol. The van der Waals surface area contributed by atoms with Gasteiger partial charge in [-0.1, -0.05) is 67.6 Å². The maximum atomic E-state index is 6.41. The number of benzene rings is 4. The van der Waals surface area contributed by atoms with Crippen molar-refractivity contribution in [2.45, 2.75) is 13.3 Å². The molecule has 0 aliphatic carbocycles. The molecule has 0 amide bonds. The lowest BCUT2D eigenvalue weighted by Crippen LogP contribution is -2.10. The Kier molecular flexibility index (Phi) is 6.21. The molecule has 0 saturated heterocycles. The molecule has 0 radical (unpaired) electrons. The predicted octanol–water partition coefficient (Wildman–Crippen LogP) is 8.06. The van der Waals surface area contributed by atoms with Crippen molar-refractivity contribution >= 4 is 29.0 Å². The number of para-hydroxylation sites is 6. The fourth-order valence-electron chi connectivity index (χ4n) is 3.27. The first-order valence-electron chi connectivity index (χ1n) is 10.2. The van der Waals surface area contributed by atoms with Gasteiger partial charge in [-0.15, -0.1) is 0 Å². The van der Waals surface area contributed by atoms with Crippen LogP contribution in [0.15, 0.2) is 114 Å². The van der Waals surface area contributed by atoms with Crippen LogP contribution in [0.5, 0.6) is 11.5 Å². The van der Waals surface area contributed by atoms with Gasteiger partial charge in [-0.05, 0) is 55.0 Å². The first kappa shape index (κ1) is 19.5. The molecule has 0 atom stereocenters. The van der Waals surface area contributed by atoms with Crippen LogP contribution >= 0.6 is 0 Å². The molecule has 0 spiro atoms. The number of anilines is 3. The van der Waals surface area contributed by atoms with Gasteiger partial charge in [-0.25, -0.2) is 0 Å². The molecule has 3 heteroatoms. The van der Waals surface area contributed by atoms with Gasteiger partial charge in [0.1, 0.15) is 5.69 Å². The van der Waals surface area contributed by atoms with E-state index in [2.05, 4.69) is 47.1 Å². The van der Waals surface area contributed by atoms with E-state index in [1.807, 2.05) is 85.1 Å². The summed E-state index contributed by atoms with van der Waals surface area (Å²) in [5.74, 6) is 1.50. The molecule has 4 aromatic rings. The molecule has 30 heavy (non-hydrogen) atoms. The van der Waals surface area contributed by atoms with Gasteiger partial charge in [0.05, 0.1) is 5.69 Å². The summed E-state index contributed by atoms with van der Waals surface area (Å²) in [4.78, 5) is 6.75. The van der Waals surface area contributed by atoms with Crippen molar-refractivity contribution < 1.29 is 4.74 Å². The standard InChI is InChI=1S/C27H24N2O/c1-2-21-28-24-17-9-11-19-26(24)30-27-20-12-10-18-25(27)29(22-13-5-3-6-14-22)23-15-7-4-8-16-23/h3-21H,2H2,1H3. The van der Waals surface area contributed by atoms with Crippen LogP contribution in [0.3, 0.4) is 0 Å². The molecule has 4 rings (SSSR count). The second-order valence-electron chi connectivity index (χ2n) is 6.76. The van der Waals surface area contributed by atoms with Crippen LogP contribution in [0.4, 0.5) is 22.7 Å². The van der Waals surface area contributed by atoms with Crippen LogP contribution < -0.4 is 9.64 Å². The minimum atomic E-state index is 0.732. The molecule has 0 heterocycles. The highest BCUT2D eigenvalue weighted by atomic mass is 16.5. The van der Waals surface area contributed by atoms with Crippen LogP contribution in [0, 0.1) is 0 Å². The summed E-state index contributed by atoms with van der Waals surface area (Å²) in [6.45, 7) is 2.07. The number of ether oxygens (including phenoxy) is 1. The average molecular weight is 393 g/mol. The summed E-state index contributed by atoms with van der Waals surface area (Å²) in [6, 6.07) is 36.6. The van der Waals surface area contributed by atoms with Crippen molar-refractivity contribution in [3.63, 3.8) is 0 Å². The molecule has 0 fully saturated rings. The van der Waals surface area contributed by atoms with E-state index in [0.29, 0.717) is 0 Å². The number of hydrogen-bond acceptors (Lipinski definition) is 3. The first-order valence-corrected chi connectivity index (χ1v) is 10.2. The van der Waals surface area contributed by atoms with E-state index in [1.165, 1.54) is 0 Å². The second-order valence-corrected chi connectivity index (χ2v) is 6.76. The van der Waals surface area contributed by atoms with Crippen molar-refractivity contribution in [3.8, 4) is 11.5 Å². The van der Waals surface area contributed by atoms with Crippen molar-refractivity contribution in [2.75, 3.05) is 4.90 Å². The van der Waals surface area contributed by atoms with Crippen LogP contribution in [0.1, 0.15) is 13.3 Å². The minimum absolute atomic E-state index is 0.732. The Morgan fingerprint density at radius 1 is 0.667 bits per heavy atom. The zero-order valence-electron chi connectivity index (χ0n) is 17.0. The fraction of sp³-hybridized carbons (Fsp3) is 0.0741. The third-order valence-corrected chi connectivity index (χ3v) is 4.63. The van der Waals surface area contributed by atoms with Gasteiger partial charge < -0.3 is 9.64 Å². The normalized spacial score (nSPS) is 10.8. The lowest BCUT2D eigenvalue weighted by Gasteiger charge is -2.27. The summed E-state index contributed by atoms with van der Waals surface area (Å²) in [7, 11) is 0. The van der Waals surface area contributed by atoms with Crippen LogP contribution in [-0.4, -0.2) is 6.21 Å². The van der Waals surface area contributed by atoms with Crippen molar-refractivity contribution in [1.82, 2.24) is 0 Å². The van der Waals surface area contributed by atoms with Gasteiger partial charge in [0.25, 0.3) is 0 Å². The van der Waals surface area contributed by atoms with Crippen molar-refractivity contribution in [3.05, 3.63) is 109 Å². The smallest absolute Gasteiger partial charge is 0.153 e. The van der Waals surface area contributed by atoms with Crippen LogP contribution in [0.25, 0.3) is 0 Å². The summed E-state index contributed by atoms with van der Waals surface area (Å²) in [5, 5.41) is 0. The topological polar surface area (TPSA) is 24.8 Å². The molecule has 0 bridgehead atoms. The Morgan fingerprint density at radius 3 is 1.83 bits per heavy atom. The highest BCUT2D eigenvalue weighted by molar-refractivity contribution is 5.80. The van der Waals surface area contributed by atoms with Crippen molar-refractivity contribution in [1.29, 1.82) is 0 Å². The highest BCUT2D eigenvalue weighted by Crippen LogP contribution is 2.42. The third-order valence-electron chi connectivity index (χ3n) is 4.63. The number of hydrogen-bond donors (Lipinski definition) is 0. The molecule has 0 aliphatic rings. The molecule has 4 aromatic carbocycles. The van der Waals surface area contributed by atoms with Crippen molar-refractivity contribution in [2.24, 2.45) is 4.99 Å². The monoisotopic (exact) mass is 392 g/mol. The minimum Gasteiger partial charge on any atom is -0.453 e. The molecular formula is C27H24N2O. The molecule has 0 aromatic heterocycles. The summed E-state index contributed by atoms with van der Waals surface area (Å²) in [5.41, 5.74) is 3.92. The Hall–Kier alpha value is -3.85. The summed E-state index contributed by atoms with van der Waals surface area (Å²) in [6.07, 6.45) is 2.77. The predicted molar refractivity (Wildman–Crippen MR) is 126 cm³/mol. The van der Waals surface area contributed by atoms with E-state index in [-0.39, 0.29) is 0 Å². The fourth-order valence-corrected chi connectivity index (χ4v) is 3.27. The highest BCUT2D eigenvalue weighted by Gasteiger charge is 2.17. The van der Waals surface area contributed by atoms with Crippen LogP contribution in [0.2, 0.25) is 0 Å². The first-order chi connectivity index (χ1) is 14.9.